The van der Waals surface area contributed by atoms with Gasteiger partial charge in [0.25, 0.3) is 10.0 Å². The molecule has 0 aromatic carbocycles. The molecule has 21 heavy (non-hydrogen) atoms. The summed E-state index contributed by atoms with van der Waals surface area (Å²) in [6.07, 6.45) is 3.07. The first kappa shape index (κ1) is 18.5. The van der Waals surface area contributed by atoms with Crippen molar-refractivity contribution in [2.24, 2.45) is 18.9 Å². The minimum Gasteiger partial charge on any atom is -0.324 e. The third kappa shape index (κ3) is 4.97. The lowest BCUT2D eigenvalue weighted by atomic mass is 10.1. The van der Waals surface area contributed by atoms with E-state index in [9.17, 15) is 8.42 Å². The second kappa shape index (κ2) is 7.61. The number of imidazole rings is 1. The molecule has 0 atom stereocenters. The third-order valence-electron chi connectivity index (χ3n) is 3.33. The molecule has 7 heteroatoms. The monoisotopic (exact) mass is 335 g/mol. The zero-order valence-electron chi connectivity index (χ0n) is 13.5. The first-order valence-corrected chi connectivity index (χ1v) is 9.15. The second-order valence-electron chi connectivity index (χ2n) is 6.22. The third-order valence-corrected chi connectivity index (χ3v) is 5.72. The lowest BCUT2D eigenvalue weighted by molar-refractivity contribution is 0.356. The second-order valence-corrected chi connectivity index (χ2v) is 8.43. The Morgan fingerprint density at radius 2 is 1.67 bits per heavy atom. The fourth-order valence-electron chi connectivity index (χ4n) is 1.85. The van der Waals surface area contributed by atoms with Crippen LogP contribution in [-0.2, 0) is 17.1 Å². The van der Waals surface area contributed by atoms with Crippen LogP contribution in [0, 0.1) is 11.8 Å². The van der Waals surface area contributed by atoms with Crippen LogP contribution >= 0.6 is 11.6 Å². The van der Waals surface area contributed by atoms with Crippen molar-refractivity contribution in [2.45, 2.75) is 45.6 Å². The van der Waals surface area contributed by atoms with Crippen LogP contribution in [0.2, 0.25) is 5.15 Å². The van der Waals surface area contributed by atoms with Crippen molar-refractivity contribution in [2.75, 3.05) is 13.1 Å². The Labute approximate surface area is 133 Å². The van der Waals surface area contributed by atoms with Gasteiger partial charge in [-0.3, -0.25) is 0 Å². The van der Waals surface area contributed by atoms with Crippen LogP contribution in [-0.4, -0.2) is 35.4 Å². The largest absolute Gasteiger partial charge is 0.324 e. The van der Waals surface area contributed by atoms with Crippen LogP contribution < -0.4 is 0 Å². The number of nitrogens with zero attached hydrogens (tertiary/aromatic N) is 3. The highest BCUT2D eigenvalue weighted by Crippen LogP contribution is 2.24. The van der Waals surface area contributed by atoms with Gasteiger partial charge >= 0.3 is 0 Å². The Bertz CT molecular complexity index is 541. The van der Waals surface area contributed by atoms with Crippen molar-refractivity contribution >= 4 is 21.6 Å². The van der Waals surface area contributed by atoms with E-state index in [0.717, 1.165) is 12.8 Å². The van der Waals surface area contributed by atoms with Crippen molar-refractivity contribution in [3.05, 3.63) is 11.5 Å². The van der Waals surface area contributed by atoms with Gasteiger partial charge in [-0.15, -0.1) is 0 Å². The van der Waals surface area contributed by atoms with E-state index in [1.807, 2.05) is 0 Å². The number of halogens is 1. The number of hydrogen-bond acceptors (Lipinski definition) is 3. The molecule has 0 radical (unpaired) electrons. The quantitative estimate of drug-likeness (QED) is 0.733. The molecular formula is C14H26ClN3O2S. The van der Waals surface area contributed by atoms with Crippen LogP contribution in [0.15, 0.2) is 11.4 Å². The zero-order valence-corrected chi connectivity index (χ0v) is 15.1. The van der Waals surface area contributed by atoms with E-state index in [2.05, 4.69) is 32.7 Å². The molecule has 0 amide bonds. The number of hydrogen-bond donors (Lipinski definition) is 0. The minimum absolute atomic E-state index is 0.0424. The van der Waals surface area contributed by atoms with Crippen LogP contribution in [0.5, 0.6) is 0 Å². The molecule has 0 unspecified atom stereocenters. The first-order valence-electron chi connectivity index (χ1n) is 7.33. The molecule has 1 aromatic rings. The summed E-state index contributed by atoms with van der Waals surface area (Å²) in [7, 11) is -1.95. The van der Waals surface area contributed by atoms with E-state index in [-0.39, 0.29) is 10.2 Å². The minimum atomic E-state index is -3.63. The lowest BCUT2D eigenvalue weighted by Crippen LogP contribution is -2.34. The van der Waals surface area contributed by atoms with Crippen molar-refractivity contribution < 1.29 is 8.42 Å². The van der Waals surface area contributed by atoms with Crippen molar-refractivity contribution in [1.82, 2.24) is 13.9 Å². The molecule has 0 aliphatic carbocycles. The molecule has 0 bridgehead atoms. The molecule has 1 aromatic heterocycles. The van der Waals surface area contributed by atoms with Gasteiger partial charge in [-0.05, 0) is 24.7 Å². The first-order chi connectivity index (χ1) is 9.66. The lowest BCUT2D eigenvalue weighted by Gasteiger charge is -2.23. The summed E-state index contributed by atoms with van der Waals surface area (Å²) in [4.78, 5) is 3.96. The van der Waals surface area contributed by atoms with Gasteiger partial charge in [0.2, 0.25) is 5.03 Å². The van der Waals surface area contributed by atoms with E-state index in [1.54, 1.807) is 7.05 Å². The number of aromatic nitrogens is 2. The smallest absolute Gasteiger partial charge is 0.263 e. The van der Waals surface area contributed by atoms with Gasteiger partial charge in [0.05, 0.1) is 6.33 Å². The Balaban J connectivity index is 3.01. The van der Waals surface area contributed by atoms with Crippen LogP contribution in [0.3, 0.4) is 0 Å². The summed E-state index contributed by atoms with van der Waals surface area (Å²) in [5.41, 5.74) is 0. The van der Waals surface area contributed by atoms with Crippen LogP contribution in [0.25, 0.3) is 0 Å². The number of aryl methyl sites for hydroxylation is 1. The summed E-state index contributed by atoms with van der Waals surface area (Å²) in [6, 6.07) is 0. The maximum absolute atomic E-state index is 12.8. The Morgan fingerprint density at radius 3 is 2.00 bits per heavy atom. The maximum Gasteiger partial charge on any atom is 0.263 e. The highest BCUT2D eigenvalue weighted by atomic mass is 35.5. The van der Waals surface area contributed by atoms with E-state index >= 15 is 0 Å². The van der Waals surface area contributed by atoms with Crippen molar-refractivity contribution in [1.29, 1.82) is 0 Å². The standard InChI is InChI=1S/C14H26ClN3O2S/c1-11(2)6-8-18(9-7-12(3)4)21(19,20)14-13(15)17(5)10-16-14/h10-12H,6-9H2,1-5H3. The Morgan fingerprint density at radius 1 is 1.19 bits per heavy atom. The fourth-order valence-corrected chi connectivity index (χ4v) is 3.70. The van der Waals surface area contributed by atoms with E-state index < -0.39 is 10.0 Å². The highest BCUT2D eigenvalue weighted by Gasteiger charge is 2.29. The van der Waals surface area contributed by atoms with Gasteiger partial charge in [-0.2, -0.15) is 4.31 Å². The summed E-state index contributed by atoms with van der Waals surface area (Å²) in [5.74, 6) is 0.891. The topological polar surface area (TPSA) is 55.2 Å². The van der Waals surface area contributed by atoms with Crippen molar-refractivity contribution in [3.63, 3.8) is 0 Å². The van der Waals surface area contributed by atoms with Crippen LogP contribution in [0.1, 0.15) is 40.5 Å². The predicted molar refractivity (Wildman–Crippen MR) is 85.9 cm³/mol. The molecule has 0 aliphatic rings. The highest BCUT2D eigenvalue weighted by molar-refractivity contribution is 7.89. The molecule has 0 aliphatic heterocycles. The average molecular weight is 336 g/mol. The zero-order chi connectivity index (χ0) is 16.2. The molecule has 122 valence electrons. The molecular weight excluding hydrogens is 310 g/mol. The summed E-state index contributed by atoms with van der Waals surface area (Å²) in [6.45, 7) is 9.34. The summed E-state index contributed by atoms with van der Waals surface area (Å²) < 4.78 is 28.5. The SMILES string of the molecule is CC(C)CCN(CCC(C)C)S(=O)(=O)c1ncn(C)c1Cl. The van der Waals surface area contributed by atoms with Gasteiger partial charge in [-0.25, -0.2) is 13.4 Å². The predicted octanol–water partition coefficient (Wildman–Crippen LogP) is 3.16. The van der Waals surface area contributed by atoms with Gasteiger partial charge in [0.1, 0.15) is 5.15 Å². The Hall–Kier alpha value is -0.590. The molecule has 5 nitrogen and oxygen atoms in total. The normalized spacial score (nSPS) is 12.8. The molecule has 0 spiro atoms. The number of rotatable bonds is 8. The van der Waals surface area contributed by atoms with E-state index in [0.29, 0.717) is 24.9 Å². The molecule has 0 saturated heterocycles. The number of sulfonamides is 1. The summed E-state index contributed by atoms with van der Waals surface area (Å²) in [5, 5.41) is 0.119. The van der Waals surface area contributed by atoms with Gasteiger partial charge in [0, 0.05) is 20.1 Å². The maximum atomic E-state index is 12.8. The van der Waals surface area contributed by atoms with E-state index in [1.165, 1.54) is 15.2 Å². The van der Waals surface area contributed by atoms with E-state index in [4.69, 9.17) is 11.6 Å². The van der Waals surface area contributed by atoms with Gasteiger partial charge < -0.3 is 4.57 Å². The molecule has 1 heterocycles. The van der Waals surface area contributed by atoms with Crippen LogP contribution in [0.4, 0.5) is 0 Å². The molecule has 0 fully saturated rings. The Kier molecular flexibility index (Phi) is 6.69. The molecule has 0 N–H and O–H groups in total. The fraction of sp³-hybridized carbons (Fsp3) is 0.786. The summed E-state index contributed by atoms with van der Waals surface area (Å²) >= 11 is 6.06. The van der Waals surface area contributed by atoms with Gasteiger partial charge in [0.15, 0.2) is 0 Å². The average Bonchev–Trinajstić information content (AvgIpc) is 2.69. The van der Waals surface area contributed by atoms with Crippen molar-refractivity contribution in [3.8, 4) is 0 Å². The van der Waals surface area contributed by atoms with Gasteiger partial charge in [-0.1, -0.05) is 39.3 Å². The molecule has 0 saturated carbocycles. The molecule has 1 rings (SSSR count).